The molecule has 0 atom stereocenters. The largest absolute Gasteiger partial charge is 0.493 e. The lowest BCUT2D eigenvalue weighted by molar-refractivity contribution is 0.238. The average Bonchev–Trinajstić information content (AvgIpc) is 2.53. The van der Waals surface area contributed by atoms with Crippen LogP contribution in [0.1, 0.15) is 51.7 Å². The molecule has 3 nitrogen and oxygen atoms in total. The first-order chi connectivity index (χ1) is 11.0. The standard InChI is InChI=1S/C20H34N2O/c1-5-15-23-19-9-8-17(16-18(19)20(2,3)4)7-6-12-22-13-10-21-11-14-22/h8-9,16,21H,5-7,10-15H2,1-4H3. The van der Waals surface area contributed by atoms with Crippen molar-refractivity contribution in [3.05, 3.63) is 29.3 Å². The van der Waals surface area contributed by atoms with Gasteiger partial charge in [-0.05, 0) is 48.4 Å². The van der Waals surface area contributed by atoms with Gasteiger partial charge in [0.05, 0.1) is 6.61 Å². The van der Waals surface area contributed by atoms with E-state index in [-0.39, 0.29) is 5.41 Å². The van der Waals surface area contributed by atoms with E-state index in [1.54, 1.807) is 0 Å². The molecule has 0 unspecified atom stereocenters. The molecule has 0 radical (unpaired) electrons. The lowest BCUT2D eigenvalue weighted by Gasteiger charge is -2.27. The fraction of sp³-hybridized carbons (Fsp3) is 0.700. The third kappa shape index (κ3) is 5.82. The van der Waals surface area contributed by atoms with Gasteiger partial charge in [-0.25, -0.2) is 0 Å². The van der Waals surface area contributed by atoms with Crippen LogP contribution in [-0.2, 0) is 11.8 Å². The topological polar surface area (TPSA) is 24.5 Å². The first kappa shape index (κ1) is 18.3. The van der Waals surface area contributed by atoms with E-state index in [1.165, 1.54) is 37.2 Å². The molecule has 1 aliphatic rings. The van der Waals surface area contributed by atoms with Crippen molar-refractivity contribution in [1.82, 2.24) is 10.2 Å². The maximum absolute atomic E-state index is 5.95. The van der Waals surface area contributed by atoms with E-state index in [2.05, 4.69) is 56.1 Å². The maximum Gasteiger partial charge on any atom is 0.123 e. The van der Waals surface area contributed by atoms with Crippen LogP contribution in [0.2, 0.25) is 0 Å². The van der Waals surface area contributed by atoms with Crippen LogP contribution in [0.15, 0.2) is 18.2 Å². The maximum atomic E-state index is 5.95. The SMILES string of the molecule is CCCOc1ccc(CCCN2CCNCC2)cc1C(C)(C)C. The number of ether oxygens (including phenoxy) is 1. The highest BCUT2D eigenvalue weighted by atomic mass is 16.5. The van der Waals surface area contributed by atoms with Crippen LogP contribution in [0.25, 0.3) is 0 Å². The summed E-state index contributed by atoms with van der Waals surface area (Å²) in [4.78, 5) is 2.57. The molecule has 1 aromatic rings. The Kier molecular flexibility index (Phi) is 6.91. The zero-order valence-corrected chi connectivity index (χ0v) is 15.5. The lowest BCUT2D eigenvalue weighted by Crippen LogP contribution is -2.43. The summed E-state index contributed by atoms with van der Waals surface area (Å²) < 4.78 is 5.95. The molecule has 1 saturated heterocycles. The smallest absolute Gasteiger partial charge is 0.123 e. The molecule has 0 bridgehead atoms. The fourth-order valence-electron chi connectivity index (χ4n) is 3.10. The molecule has 0 aromatic heterocycles. The second-order valence-corrected chi connectivity index (χ2v) is 7.62. The fourth-order valence-corrected chi connectivity index (χ4v) is 3.10. The van der Waals surface area contributed by atoms with Gasteiger partial charge < -0.3 is 15.0 Å². The van der Waals surface area contributed by atoms with Crippen molar-refractivity contribution in [2.24, 2.45) is 0 Å². The number of nitrogens with zero attached hydrogens (tertiary/aromatic N) is 1. The van der Waals surface area contributed by atoms with E-state index in [4.69, 9.17) is 4.74 Å². The summed E-state index contributed by atoms with van der Waals surface area (Å²) in [6, 6.07) is 6.79. The van der Waals surface area contributed by atoms with E-state index >= 15 is 0 Å². The molecule has 0 spiro atoms. The van der Waals surface area contributed by atoms with Crippen molar-refractivity contribution >= 4 is 0 Å². The zero-order chi connectivity index (χ0) is 16.7. The summed E-state index contributed by atoms with van der Waals surface area (Å²) >= 11 is 0. The number of aryl methyl sites for hydroxylation is 1. The molecule has 1 heterocycles. The molecule has 1 fully saturated rings. The van der Waals surface area contributed by atoms with Gasteiger partial charge in [-0.15, -0.1) is 0 Å². The summed E-state index contributed by atoms with van der Waals surface area (Å²) in [5.74, 6) is 1.06. The number of rotatable bonds is 7. The van der Waals surface area contributed by atoms with E-state index in [0.717, 1.165) is 38.3 Å². The third-order valence-electron chi connectivity index (χ3n) is 4.46. The highest BCUT2D eigenvalue weighted by Crippen LogP contribution is 2.32. The number of hydrogen-bond donors (Lipinski definition) is 1. The van der Waals surface area contributed by atoms with Crippen molar-refractivity contribution < 1.29 is 4.74 Å². The molecule has 23 heavy (non-hydrogen) atoms. The third-order valence-corrected chi connectivity index (χ3v) is 4.46. The Hall–Kier alpha value is -1.06. The van der Waals surface area contributed by atoms with Crippen LogP contribution in [0.4, 0.5) is 0 Å². The molecule has 2 rings (SSSR count). The summed E-state index contributed by atoms with van der Waals surface area (Å²) in [6.07, 6.45) is 3.44. The van der Waals surface area contributed by atoms with Gasteiger partial charge in [0.1, 0.15) is 5.75 Å². The van der Waals surface area contributed by atoms with Crippen molar-refractivity contribution in [3.8, 4) is 5.75 Å². The van der Waals surface area contributed by atoms with E-state index in [1.807, 2.05) is 0 Å². The second kappa shape index (κ2) is 8.70. The zero-order valence-electron chi connectivity index (χ0n) is 15.5. The molecule has 1 aromatic carbocycles. The molecule has 130 valence electrons. The Morgan fingerprint density at radius 1 is 1.17 bits per heavy atom. The van der Waals surface area contributed by atoms with E-state index < -0.39 is 0 Å². The van der Waals surface area contributed by atoms with Gasteiger partial charge in [0.2, 0.25) is 0 Å². The minimum absolute atomic E-state index is 0.123. The summed E-state index contributed by atoms with van der Waals surface area (Å²) in [5, 5.41) is 3.41. The molecule has 1 aliphatic heterocycles. The average molecular weight is 319 g/mol. The van der Waals surface area contributed by atoms with Gasteiger partial charge in [0, 0.05) is 26.2 Å². The highest BCUT2D eigenvalue weighted by Gasteiger charge is 2.19. The summed E-state index contributed by atoms with van der Waals surface area (Å²) in [5.41, 5.74) is 2.90. The molecular weight excluding hydrogens is 284 g/mol. The minimum Gasteiger partial charge on any atom is -0.493 e. The van der Waals surface area contributed by atoms with Gasteiger partial charge in [0.15, 0.2) is 0 Å². The van der Waals surface area contributed by atoms with E-state index in [0.29, 0.717) is 0 Å². The van der Waals surface area contributed by atoms with Crippen LogP contribution < -0.4 is 10.1 Å². The Morgan fingerprint density at radius 2 is 1.91 bits per heavy atom. The van der Waals surface area contributed by atoms with Crippen molar-refractivity contribution in [2.45, 2.75) is 52.4 Å². The second-order valence-electron chi connectivity index (χ2n) is 7.62. The Labute approximate surface area is 142 Å². The Morgan fingerprint density at radius 3 is 2.57 bits per heavy atom. The van der Waals surface area contributed by atoms with Crippen molar-refractivity contribution in [2.75, 3.05) is 39.3 Å². The van der Waals surface area contributed by atoms with Crippen LogP contribution in [0, 0.1) is 0 Å². The molecule has 1 N–H and O–H groups in total. The van der Waals surface area contributed by atoms with Gasteiger partial charge in [-0.3, -0.25) is 0 Å². The monoisotopic (exact) mass is 318 g/mol. The molecular formula is C20H34N2O. The van der Waals surface area contributed by atoms with E-state index in [9.17, 15) is 0 Å². The number of piperazine rings is 1. The van der Waals surface area contributed by atoms with Crippen LogP contribution >= 0.6 is 0 Å². The van der Waals surface area contributed by atoms with Gasteiger partial charge in [0.25, 0.3) is 0 Å². The van der Waals surface area contributed by atoms with Crippen molar-refractivity contribution in [1.29, 1.82) is 0 Å². The molecule has 0 amide bonds. The molecule has 3 heteroatoms. The Balaban J connectivity index is 1.96. The van der Waals surface area contributed by atoms with Crippen LogP contribution in [-0.4, -0.2) is 44.2 Å². The Bertz CT molecular complexity index is 473. The number of benzene rings is 1. The van der Waals surface area contributed by atoms with Gasteiger partial charge in [-0.1, -0.05) is 39.8 Å². The normalized spacial score (nSPS) is 16.5. The van der Waals surface area contributed by atoms with Crippen LogP contribution in [0.3, 0.4) is 0 Å². The van der Waals surface area contributed by atoms with Gasteiger partial charge in [-0.2, -0.15) is 0 Å². The predicted octanol–water partition coefficient (Wildman–Crippen LogP) is 3.61. The van der Waals surface area contributed by atoms with Crippen LogP contribution in [0.5, 0.6) is 5.75 Å². The number of nitrogens with one attached hydrogen (secondary N) is 1. The summed E-state index contributed by atoms with van der Waals surface area (Å²) in [7, 11) is 0. The van der Waals surface area contributed by atoms with Gasteiger partial charge >= 0.3 is 0 Å². The highest BCUT2D eigenvalue weighted by molar-refractivity contribution is 5.41. The number of hydrogen-bond acceptors (Lipinski definition) is 3. The summed E-state index contributed by atoms with van der Waals surface area (Å²) in [6.45, 7) is 15.6. The molecule has 0 saturated carbocycles. The first-order valence-electron chi connectivity index (χ1n) is 9.20. The lowest BCUT2D eigenvalue weighted by atomic mass is 9.85. The quantitative estimate of drug-likeness (QED) is 0.831. The van der Waals surface area contributed by atoms with Crippen molar-refractivity contribution in [3.63, 3.8) is 0 Å². The first-order valence-corrected chi connectivity index (χ1v) is 9.20. The molecule has 0 aliphatic carbocycles. The minimum atomic E-state index is 0.123. The predicted molar refractivity (Wildman–Crippen MR) is 98.6 cm³/mol.